The van der Waals surface area contributed by atoms with Gasteiger partial charge >= 0.3 is 0 Å². The third-order valence-corrected chi connectivity index (χ3v) is 4.38. The van der Waals surface area contributed by atoms with E-state index in [2.05, 4.69) is 15.9 Å². The number of hydrogen-bond donors (Lipinski definition) is 0. The maximum atomic E-state index is 13.5. The second kappa shape index (κ2) is 4.74. The molecule has 1 saturated carbocycles. The quantitative estimate of drug-likeness (QED) is 0.788. The molecule has 1 aliphatic rings. The Hall–Kier alpha value is -0.330. The molecule has 1 aromatic rings. The molecule has 0 heterocycles. The molecule has 7 heteroatoms. The van der Waals surface area contributed by atoms with Crippen molar-refractivity contribution in [2.24, 2.45) is 5.92 Å². The molecule has 2 rings (SSSR count). The average molecular weight is 344 g/mol. The first-order valence-electron chi connectivity index (χ1n) is 4.94. The molecule has 0 aliphatic heterocycles. The van der Waals surface area contributed by atoms with Gasteiger partial charge in [-0.05, 0) is 40.8 Å². The molecule has 1 aliphatic carbocycles. The van der Waals surface area contributed by atoms with E-state index >= 15 is 0 Å². The topological polar surface area (TPSA) is 43.4 Å². The summed E-state index contributed by atoms with van der Waals surface area (Å²) in [4.78, 5) is -0.551. The fourth-order valence-corrected chi connectivity index (χ4v) is 2.81. The second-order valence-electron chi connectivity index (χ2n) is 3.91. The summed E-state index contributed by atoms with van der Waals surface area (Å²) < 4.78 is 41.4. The zero-order valence-corrected chi connectivity index (χ0v) is 11.8. The highest BCUT2D eigenvalue weighted by atomic mass is 79.9. The Balaban J connectivity index is 2.27. The molecule has 0 spiro atoms. The van der Waals surface area contributed by atoms with Gasteiger partial charge in [0.25, 0.3) is 9.05 Å². The minimum atomic E-state index is -4.08. The molecule has 1 aromatic carbocycles. The Bertz CT molecular complexity index is 543. The van der Waals surface area contributed by atoms with Gasteiger partial charge in [0.15, 0.2) is 0 Å². The SMILES string of the molecule is O=S(=O)(Cl)c1cc(Br)c(OCC2CC2)cc1F. The van der Waals surface area contributed by atoms with Crippen LogP contribution in [0.15, 0.2) is 21.5 Å². The van der Waals surface area contributed by atoms with E-state index in [1.807, 2.05) is 0 Å². The summed E-state index contributed by atoms with van der Waals surface area (Å²) in [5, 5.41) is 0. The third kappa shape index (κ3) is 3.33. The van der Waals surface area contributed by atoms with Crippen molar-refractivity contribution in [3.8, 4) is 5.75 Å². The molecular weight excluding hydrogens is 335 g/mol. The first kappa shape index (κ1) is 13.1. The van der Waals surface area contributed by atoms with E-state index in [1.165, 1.54) is 0 Å². The van der Waals surface area contributed by atoms with Gasteiger partial charge in [0.2, 0.25) is 0 Å². The molecule has 0 unspecified atom stereocenters. The predicted octanol–water partition coefficient (Wildman–Crippen LogP) is 3.30. The lowest BCUT2D eigenvalue weighted by Gasteiger charge is -2.09. The first-order valence-corrected chi connectivity index (χ1v) is 8.04. The van der Waals surface area contributed by atoms with Gasteiger partial charge in [0.1, 0.15) is 16.5 Å². The smallest absolute Gasteiger partial charge is 0.264 e. The van der Waals surface area contributed by atoms with Gasteiger partial charge in [-0.25, -0.2) is 12.8 Å². The molecule has 17 heavy (non-hydrogen) atoms. The van der Waals surface area contributed by atoms with Gasteiger partial charge < -0.3 is 4.74 Å². The standard InChI is InChI=1S/C10H9BrClFO3S/c11-7-3-10(17(12,14)15)8(13)4-9(7)16-5-6-1-2-6/h3-4,6H,1-2,5H2. The summed E-state index contributed by atoms with van der Waals surface area (Å²) in [5.41, 5.74) is 0. The minimum absolute atomic E-state index is 0.290. The van der Waals surface area contributed by atoms with Crippen LogP contribution in [-0.4, -0.2) is 15.0 Å². The van der Waals surface area contributed by atoms with Crippen LogP contribution in [0.25, 0.3) is 0 Å². The fraction of sp³-hybridized carbons (Fsp3) is 0.400. The molecule has 0 N–H and O–H groups in total. The molecule has 3 nitrogen and oxygen atoms in total. The van der Waals surface area contributed by atoms with E-state index in [0.29, 0.717) is 22.7 Å². The molecule has 0 saturated heterocycles. The van der Waals surface area contributed by atoms with E-state index in [-0.39, 0.29) is 0 Å². The highest BCUT2D eigenvalue weighted by Gasteiger charge is 2.24. The maximum Gasteiger partial charge on any atom is 0.264 e. The van der Waals surface area contributed by atoms with Crippen molar-refractivity contribution in [3.63, 3.8) is 0 Å². The van der Waals surface area contributed by atoms with Crippen LogP contribution in [0.1, 0.15) is 12.8 Å². The monoisotopic (exact) mass is 342 g/mol. The van der Waals surface area contributed by atoms with Crippen LogP contribution < -0.4 is 4.74 Å². The van der Waals surface area contributed by atoms with Gasteiger partial charge in [0.05, 0.1) is 11.1 Å². The summed E-state index contributed by atoms with van der Waals surface area (Å²) in [6.45, 7) is 0.519. The zero-order chi connectivity index (χ0) is 12.6. The fourth-order valence-electron chi connectivity index (χ4n) is 1.30. The number of hydrogen-bond acceptors (Lipinski definition) is 3. The van der Waals surface area contributed by atoms with Gasteiger partial charge in [-0.3, -0.25) is 0 Å². The van der Waals surface area contributed by atoms with Crippen LogP contribution >= 0.6 is 26.6 Å². The highest BCUT2D eigenvalue weighted by Crippen LogP contribution is 2.34. The molecule has 94 valence electrons. The Morgan fingerprint density at radius 3 is 2.65 bits per heavy atom. The average Bonchev–Trinajstić information content (AvgIpc) is 3.00. The summed E-state index contributed by atoms with van der Waals surface area (Å²) in [7, 11) is 1.02. The first-order chi connectivity index (χ1) is 7.88. The molecule has 1 fully saturated rings. The van der Waals surface area contributed by atoms with Crippen LogP contribution in [0.5, 0.6) is 5.75 Å². The van der Waals surface area contributed by atoms with E-state index < -0.39 is 19.8 Å². The van der Waals surface area contributed by atoms with E-state index in [1.54, 1.807) is 0 Å². The lowest BCUT2D eigenvalue weighted by Crippen LogP contribution is -2.02. The van der Waals surface area contributed by atoms with Crippen LogP contribution in [0.3, 0.4) is 0 Å². The van der Waals surface area contributed by atoms with Gasteiger partial charge in [-0.1, -0.05) is 0 Å². The summed E-state index contributed by atoms with van der Waals surface area (Å²) in [6, 6.07) is 2.14. The number of halogens is 3. The molecular formula is C10H9BrClFO3S. The lowest BCUT2D eigenvalue weighted by molar-refractivity contribution is 0.296. The van der Waals surface area contributed by atoms with Gasteiger partial charge in [-0.15, -0.1) is 0 Å². The zero-order valence-electron chi connectivity index (χ0n) is 8.62. The normalized spacial score (nSPS) is 15.9. The van der Waals surface area contributed by atoms with Crippen molar-refractivity contribution in [3.05, 3.63) is 22.4 Å². The molecule has 0 atom stereocenters. The molecule has 0 amide bonds. The number of benzene rings is 1. The van der Waals surface area contributed by atoms with Crippen molar-refractivity contribution in [2.45, 2.75) is 17.7 Å². The lowest BCUT2D eigenvalue weighted by atomic mass is 10.3. The van der Waals surface area contributed by atoms with Crippen LogP contribution in [0, 0.1) is 11.7 Å². The van der Waals surface area contributed by atoms with Crippen LogP contribution in [-0.2, 0) is 9.05 Å². The third-order valence-electron chi connectivity index (χ3n) is 2.42. The molecule has 0 bridgehead atoms. The van der Waals surface area contributed by atoms with Gasteiger partial charge in [-0.2, -0.15) is 0 Å². The number of rotatable bonds is 4. The van der Waals surface area contributed by atoms with Crippen molar-refractivity contribution in [1.29, 1.82) is 0 Å². The number of ether oxygens (including phenoxy) is 1. The Labute approximate surface area is 111 Å². The van der Waals surface area contributed by atoms with E-state index in [9.17, 15) is 12.8 Å². The van der Waals surface area contributed by atoms with Crippen molar-refractivity contribution in [1.82, 2.24) is 0 Å². The largest absolute Gasteiger partial charge is 0.492 e. The van der Waals surface area contributed by atoms with E-state index in [4.69, 9.17) is 15.4 Å². The predicted molar refractivity (Wildman–Crippen MR) is 65.4 cm³/mol. The summed E-state index contributed by atoms with van der Waals surface area (Å²) in [6.07, 6.45) is 2.24. The van der Waals surface area contributed by atoms with Crippen LogP contribution in [0.2, 0.25) is 0 Å². The van der Waals surface area contributed by atoms with Crippen molar-refractivity contribution < 1.29 is 17.5 Å². The van der Waals surface area contributed by atoms with Crippen molar-refractivity contribution in [2.75, 3.05) is 6.61 Å². The van der Waals surface area contributed by atoms with E-state index in [0.717, 1.165) is 25.0 Å². The van der Waals surface area contributed by atoms with Crippen LogP contribution in [0.4, 0.5) is 4.39 Å². The van der Waals surface area contributed by atoms with Gasteiger partial charge in [0, 0.05) is 16.7 Å². The van der Waals surface area contributed by atoms with Crippen molar-refractivity contribution >= 4 is 35.7 Å². The maximum absolute atomic E-state index is 13.5. The second-order valence-corrected chi connectivity index (χ2v) is 7.29. The Morgan fingerprint density at radius 1 is 1.47 bits per heavy atom. The summed E-state index contributed by atoms with van der Waals surface area (Å²) >= 11 is 3.13. The molecule has 0 radical (unpaired) electrons. The molecule has 0 aromatic heterocycles. The summed E-state index contributed by atoms with van der Waals surface area (Å²) in [5.74, 6) is -0.0890. The Morgan fingerprint density at radius 2 is 2.12 bits per heavy atom. The minimum Gasteiger partial charge on any atom is -0.492 e. The Kier molecular flexibility index (Phi) is 3.66. The highest BCUT2D eigenvalue weighted by molar-refractivity contribution is 9.10.